The summed E-state index contributed by atoms with van der Waals surface area (Å²) in [5.74, 6) is 0.165. The lowest BCUT2D eigenvalue weighted by Crippen LogP contribution is -2.40. The van der Waals surface area contributed by atoms with E-state index in [1.54, 1.807) is 16.7 Å². The highest BCUT2D eigenvalue weighted by molar-refractivity contribution is 5.94. The van der Waals surface area contributed by atoms with Crippen LogP contribution in [0.25, 0.3) is 11.0 Å². The average Bonchev–Trinajstić information content (AvgIpc) is 3.21. The van der Waals surface area contributed by atoms with E-state index in [9.17, 15) is 19.1 Å². The Morgan fingerprint density at radius 2 is 2.00 bits per heavy atom. The number of halogens is 3. The molecule has 14 heteroatoms. The molecule has 3 aliphatic heterocycles. The first kappa shape index (κ1) is 28.0. The molecule has 3 aromatic rings. The summed E-state index contributed by atoms with van der Waals surface area (Å²) in [4.78, 5) is 34.8. The van der Waals surface area contributed by atoms with Crippen LogP contribution in [0.1, 0.15) is 11.7 Å². The average molecular weight is 569 g/mol. The molecular weight excluding hydrogens is 542 g/mol. The third-order valence-electron chi connectivity index (χ3n) is 6.84. The fraction of sp³-hybridized carbons (Fsp3) is 0.417. The van der Waals surface area contributed by atoms with Crippen LogP contribution in [-0.2, 0) is 11.3 Å². The van der Waals surface area contributed by atoms with Crippen LogP contribution < -0.4 is 25.7 Å². The number of rotatable bonds is 6. The number of nitrogens with one attached hydrogen (secondary N) is 2. The number of aromatic nitrogens is 3. The first-order valence-electron chi connectivity index (χ1n) is 11.8. The Morgan fingerprint density at radius 3 is 2.84 bits per heavy atom. The van der Waals surface area contributed by atoms with Gasteiger partial charge in [0.05, 0.1) is 29.6 Å². The zero-order valence-electron chi connectivity index (χ0n) is 20.1. The van der Waals surface area contributed by atoms with Gasteiger partial charge in [0, 0.05) is 44.7 Å². The quantitative estimate of drug-likeness (QED) is 0.400. The molecule has 0 aromatic carbocycles. The van der Waals surface area contributed by atoms with Crippen molar-refractivity contribution in [3.63, 3.8) is 0 Å². The Hall–Kier alpha value is -3.03. The lowest BCUT2D eigenvalue weighted by Gasteiger charge is -2.30. The van der Waals surface area contributed by atoms with Gasteiger partial charge in [-0.2, -0.15) is 0 Å². The highest BCUT2D eigenvalue weighted by atomic mass is 35.5. The topological polar surface area (TPSA) is 131 Å². The number of hydrogen-bond donors (Lipinski definition) is 3. The summed E-state index contributed by atoms with van der Waals surface area (Å²) in [6.07, 6.45) is 0.565. The lowest BCUT2D eigenvalue weighted by molar-refractivity contribution is -0.118. The smallest absolute Gasteiger partial charge is 0.263 e. The van der Waals surface area contributed by atoms with Gasteiger partial charge in [0.15, 0.2) is 29.7 Å². The summed E-state index contributed by atoms with van der Waals surface area (Å²) in [5, 5.41) is 16.7. The molecule has 1 fully saturated rings. The molecule has 0 bridgehead atoms. The molecule has 204 valence electrons. The summed E-state index contributed by atoms with van der Waals surface area (Å²) in [7, 11) is 0. The number of likely N-dealkylation sites (tertiary alicyclic amines) is 1. The largest absolute Gasteiger partial charge is 0.486 e. The van der Waals surface area contributed by atoms with Gasteiger partial charge >= 0.3 is 0 Å². The van der Waals surface area contributed by atoms with Crippen molar-refractivity contribution in [3.8, 4) is 11.5 Å². The molecule has 3 aromatic heterocycles. The minimum absolute atomic E-state index is 0. The molecule has 38 heavy (non-hydrogen) atoms. The van der Waals surface area contributed by atoms with Crippen molar-refractivity contribution in [2.45, 2.75) is 18.7 Å². The molecule has 1 amide bonds. The Balaban J connectivity index is 0.00000168. The summed E-state index contributed by atoms with van der Waals surface area (Å²) in [5.41, 5.74) is 1.38. The van der Waals surface area contributed by atoms with Crippen molar-refractivity contribution in [2.24, 2.45) is 5.92 Å². The summed E-state index contributed by atoms with van der Waals surface area (Å²) in [6, 6.07) is 6.29. The Kier molecular flexibility index (Phi) is 8.38. The third-order valence-corrected chi connectivity index (χ3v) is 6.84. The van der Waals surface area contributed by atoms with Crippen LogP contribution in [0.2, 0.25) is 0 Å². The normalized spacial score (nSPS) is 21.9. The van der Waals surface area contributed by atoms with Crippen molar-refractivity contribution >= 4 is 47.6 Å². The fourth-order valence-corrected chi connectivity index (χ4v) is 5.14. The molecule has 6 heterocycles. The van der Waals surface area contributed by atoms with Crippen molar-refractivity contribution < 1.29 is 23.8 Å². The van der Waals surface area contributed by atoms with Gasteiger partial charge in [-0.05, 0) is 18.2 Å². The monoisotopic (exact) mass is 568 g/mol. The van der Waals surface area contributed by atoms with Crippen molar-refractivity contribution in [3.05, 3.63) is 52.3 Å². The molecule has 3 atom stereocenters. The van der Waals surface area contributed by atoms with Crippen LogP contribution in [0.3, 0.4) is 0 Å². The highest BCUT2D eigenvalue weighted by Gasteiger charge is 2.34. The Morgan fingerprint density at radius 1 is 1.16 bits per heavy atom. The van der Waals surface area contributed by atoms with Crippen LogP contribution in [0.4, 0.5) is 10.2 Å². The van der Waals surface area contributed by atoms with Gasteiger partial charge in [0.2, 0.25) is 0 Å². The number of pyridine rings is 3. The zero-order chi connectivity index (χ0) is 24.8. The predicted molar refractivity (Wildman–Crippen MR) is 141 cm³/mol. The summed E-state index contributed by atoms with van der Waals surface area (Å²) >= 11 is 0. The Bertz CT molecular complexity index is 1410. The van der Waals surface area contributed by atoms with Crippen LogP contribution in [0.15, 0.2) is 35.3 Å². The van der Waals surface area contributed by atoms with E-state index in [1.165, 1.54) is 6.07 Å². The van der Waals surface area contributed by atoms with Gasteiger partial charge in [0.1, 0.15) is 12.1 Å². The van der Waals surface area contributed by atoms with E-state index < -0.39 is 11.9 Å². The molecule has 3 aliphatic rings. The van der Waals surface area contributed by atoms with Gasteiger partial charge in [-0.1, -0.05) is 0 Å². The number of nitrogens with zero attached hydrogens (tertiary/aromatic N) is 4. The number of carbonyl (C=O) groups excluding carboxylic acids is 1. The number of anilines is 1. The number of fused-ring (bicyclic) bond motifs is 1. The van der Waals surface area contributed by atoms with Crippen molar-refractivity contribution in [2.75, 3.05) is 44.7 Å². The summed E-state index contributed by atoms with van der Waals surface area (Å²) < 4.78 is 26.9. The molecule has 1 saturated heterocycles. The van der Waals surface area contributed by atoms with Gasteiger partial charge in [-0.25, -0.2) is 9.37 Å². The van der Waals surface area contributed by atoms with Crippen LogP contribution in [-0.4, -0.2) is 75.9 Å². The minimum atomic E-state index is -0.591. The van der Waals surface area contributed by atoms with E-state index in [0.717, 1.165) is 11.9 Å². The van der Waals surface area contributed by atoms with E-state index in [1.807, 2.05) is 6.07 Å². The maximum absolute atomic E-state index is 14.3. The number of aliphatic hydroxyl groups excluding tert-OH is 1. The number of ether oxygens (including phenoxy) is 2. The number of amides is 1. The number of hydrogen-bond acceptors (Lipinski definition) is 9. The second-order valence-corrected chi connectivity index (χ2v) is 9.34. The van der Waals surface area contributed by atoms with Crippen LogP contribution in [0, 0.1) is 11.7 Å². The van der Waals surface area contributed by atoms with Crippen LogP contribution >= 0.6 is 24.8 Å². The maximum Gasteiger partial charge on any atom is 0.263 e. The highest BCUT2D eigenvalue weighted by Crippen LogP contribution is 2.33. The minimum Gasteiger partial charge on any atom is -0.486 e. The lowest BCUT2D eigenvalue weighted by atomic mass is 10.1. The molecule has 3 N–H and O–H groups in total. The van der Waals surface area contributed by atoms with Gasteiger partial charge in [0.25, 0.3) is 11.5 Å². The molecule has 0 unspecified atom stereocenters. The van der Waals surface area contributed by atoms with E-state index in [4.69, 9.17) is 9.47 Å². The van der Waals surface area contributed by atoms with Gasteiger partial charge in [-0.15, -0.1) is 24.8 Å². The standard InChI is InChI=1S/C24H25FN6O5.2ClH/c25-16-7-27-17-2-4-21(34)31-15(11-36-23(16)22(17)31)9-30-8-13(18(32)10-30)5-26-6-14-1-3-19-24(28-14)29-20(33)12-35-19;;/h1-4,7,13,15,18,26,32H,5-6,8-12H2,(H,28,29,33);2*1H/t13-,15+,18+;;/m0../s1. The Labute approximate surface area is 229 Å². The van der Waals surface area contributed by atoms with E-state index in [2.05, 4.69) is 25.5 Å². The molecule has 11 nitrogen and oxygen atoms in total. The second-order valence-electron chi connectivity index (χ2n) is 9.34. The second kappa shape index (κ2) is 11.4. The number of aliphatic hydroxyl groups is 1. The molecule has 0 aliphatic carbocycles. The van der Waals surface area contributed by atoms with Crippen molar-refractivity contribution in [1.82, 2.24) is 24.8 Å². The van der Waals surface area contributed by atoms with Gasteiger partial charge < -0.3 is 25.2 Å². The van der Waals surface area contributed by atoms with E-state index >= 15 is 0 Å². The van der Waals surface area contributed by atoms with E-state index in [-0.39, 0.29) is 67.2 Å². The third kappa shape index (κ3) is 5.27. The molecule has 0 spiro atoms. The van der Waals surface area contributed by atoms with Gasteiger partial charge in [-0.3, -0.25) is 24.0 Å². The maximum atomic E-state index is 14.3. The number of β-amino-alcohol motifs (C(OH)–C–C–N with tert-alkyl or cyclic N) is 1. The fourth-order valence-electron chi connectivity index (χ4n) is 5.14. The summed E-state index contributed by atoms with van der Waals surface area (Å²) in [6.45, 7) is 2.75. The van der Waals surface area contributed by atoms with Crippen molar-refractivity contribution in [1.29, 1.82) is 0 Å². The molecule has 0 radical (unpaired) electrons. The van der Waals surface area contributed by atoms with E-state index in [0.29, 0.717) is 55.3 Å². The predicted octanol–water partition coefficient (Wildman–Crippen LogP) is 1.12. The zero-order valence-corrected chi connectivity index (χ0v) is 21.8. The first-order valence-corrected chi connectivity index (χ1v) is 11.8. The molecule has 6 rings (SSSR count). The molecular formula is C24H27Cl2FN6O5. The molecule has 0 saturated carbocycles. The van der Waals surface area contributed by atoms with Crippen LogP contribution in [0.5, 0.6) is 11.5 Å². The number of carbonyl (C=O) groups is 1. The first-order chi connectivity index (χ1) is 17.5. The SMILES string of the molecule is Cl.Cl.O=C1COc2ccc(CNC[C@H]3CN(C[C@@H]4COc5c(F)cnc6ccc(=O)n4c56)C[C@H]3O)nc2N1.